The highest BCUT2D eigenvalue weighted by atomic mass is 15.3. The summed E-state index contributed by atoms with van der Waals surface area (Å²) in [4.78, 5) is 0. The number of nitrogens with zero attached hydrogens (tertiary/aromatic N) is 3. The molecular formula is C9H17N5. The molecule has 5 nitrogen and oxygen atoms in total. The summed E-state index contributed by atoms with van der Waals surface area (Å²) >= 11 is 0. The lowest BCUT2D eigenvalue weighted by molar-refractivity contribution is 0.398. The van der Waals surface area contributed by atoms with Gasteiger partial charge in [-0.25, -0.2) is 5.43 Å². The fraction of sp³-hybridized carbons (Fsp3) is 0.778. The maximum atomic E-state index is 5.56. The van der Waals surface area contributed by atoms with Gasteiger partial charge in [-0.2, -0.15) is 0 Å². The smallest absolute Gasteiger partial charge is 0.151 e. The quantitative estimate of drug-likeness (QED) is 0.540. The number of nitrogens with one attached hydrogen (secondary N) is 1. The first kappa shape index (κ1) is 9.61. The summed E-state index contributed by atoms with van der Waals surface area (Å²) in [7, 11) is 1.94. The van der Waals surface area contributed by atoms with Crippen LogP contribution in [0.4, 0.5) is 0 Å². The van der Waals surface area contributed by atoms with Crippen molar-refractivity contribution in [1.29, 1.82) is 0 Å². The third-order valence-corrected chi connectivity index (χ3v) is 3.20. The average molecular weight is 195 g/mol. The van der Waals surface area contributed by atoms with E-state index in [-0.39, 0.29) is 6.04 Å². The lowest BCUT2D eigenvalue weighted by Gasteiger charge is -2.16. The van der Waals surface area contributed by atoms with E-state index in [1.165, 1.54) is 6.42 Å². The molecule has 1 aromatic rings. The molecule has 2 unspecified atom stereocenters. The van der Waals surface area contributed by atoms with Gasteiger partial charge in [0.2, 0.25) is 0 Å². The summed E-state index contributed by atoms with van der Waals surface area (Å²) in [5.74, 6) is 7.05. The fourth-order valence-corrected chi connectivity index (χ4v) is 2.02. The summed E-state index contributed by atoms with van der Waals surface area (Å²) in [6.07, 6.45) is 2.89. The van der Waals surface area contributed by atoms with Crippen LogP contribution in [-0.4, -0.2) is 14.8 Å². The van der Waals surface area contributed by atoms with Crippen LogP contribution in [0.2, 0.25) is 0 Å². The average Bonchev–Trinajstić information content (AvgIpc) is 2.55. The molecule has 2 atom stereocenters. The first-order chi connectivity index (χ1) is 6.56. The van der Waals surface area contributed by atoms with Crippen LogP contribution < -0.4 is 11.3 Å². The van der Waals surface area contributed by atoms with Crippen molar-refractivity contribution in [3.63, 3.8) is 0 Å². The normalized spacial score (nSPS) is 26.1. The topological polar surface area (TPSA) is 68.8 Å². The predicted molar refractivity (Wildman–Crippen MR) is 53.0 cm³/mol. The Labute approximate surface area is 83.7 Å². The van der Waals surface area contributed by atoms with Gasteiger partial charge in [0, 0.05) is 7.05 Å². The predicted octanol–water partition coefficient (Wildman–Crippen LogP) is 0.366. The minimum atomic E-state index is 0.123. The first-order valence-corrected chi connectivity index (χ1v) is 4.86. The van der Waals surface area contributed by atoms with Crippen LogP contribution in [0.25, 0.3) is 0 Å². The highest BCUT2D eigenvalue weighted by molar-refractivity contribution is 5.08. The summed E-state index contributed by atoms with van der Waals surface area (Å²) in [6, 6.07) is 0.123. The van der Waals surface area contributed by atoms with Gasteiger partial charge in [-0.3, -0.25) is 5.84 Å². The second kappa shape index (κ2) is 3.03. The number of rotatable bonds is 3. The van der Waals surface area contributed by atoms with Gasteiger partial charge in [-0.15, -0.1) is 10.2 Å². The molecular weight excluding hydrogens is 178 g/mol. The lowest BCUT2D eigenvalue weighted by Crippen LogP contribution is -2.32. The second-order valence-corrected chi connectivity index (χ2v) is 4.74. The number of aromatic nitrogens is 3. The van der Waals surface area contributed by atoms with E-state index in [9.17, 15) is 0 Å². The number of hydrazine groups is 1. The van der Waals surface area contributed by atoms with Crippen molar-refractivity contribution in [2.24, 2.45) is 24.2 Å². The van der Waals surface area contributed by atoms with Crippen molar-refractivity contribution < 1.29 is 0 Å². The van der Waals surface area contributed by atoms with E-state index in [1.54, 1.807) is 6.33 Å². The van der Waals surface area contributed by atoms with Gasteiger partial charge >= 0.3 is 0 Å². The highest BCUT2D eigenvalue weighted by Gasteiger charge is 2.51. The number of nitrogens with two attached hydrogens (primary N) is 1. The van der Waals surface area contributed by atoms with Crippen molar-refractivity contribution in [1.82, 2.24) is 20.2 Å². The zero-order valence-corrected chi connectivity index (χ0v) is 8.86. The highest BCUT2D eigenvalue weighted by Crippen LogP contribution is 2.57. The third kappa shape index (κ3) is 1.42. The van der Waals surface area contributed by atoms with Crippen LogP contribution in [-0.2, 0) is 7.05 Å². The molecule has 5 heteroatoms. The number of hydrogen-bond acceptors (Lipinski definition) is 4. The molecule has 1 fully saturated rings. The Balaban J connectivity index is 2.20. The standard InChI is InChI=1S/C9H17N5/c1-9(2)4-6(9)7(12-10)8-13-11-5-14(8)3/h5-7,12H,4,10H2,1-3H3. The molecule has 0 saturated heterocycles. The zero-order chi connectivity index (χ0) is 10.3. The van der Waals surface area contributed by atoms with Crippen LogP contribution in [0, 0.1) is 11.3 Å². The molecule has 14 heavy (non-hydrogen) atoms. The van der Waals surface area contributed by atoms with Crippen molar-refractivity contribution in [3.05, 3.63) is 12.2 Å². The number of hydrogen-bond donors (Lipinski definition) is 2. The Hall–Kier alpha value is -0.940. The van der Waals surface area contributed by atoms with Gasteiger partial charge < -0.3 is 4.57 Å². The van der Waals surface area contributed by atoms with Crippen LogP contribution in [0.5, 0.6) is 0 Å². The summed E-state index contributed by atoms with van der Waals surface area (Å²) in [5, 5.41) is 7.95. The number of aryl methyl sites for hydroxylation is 1. The Morgan fingerprint density at radius 1 is 1.71 bits per heavy atom. The third-order valence-electron chi connectivity index (χ3n) is 3.20. The monoisotopic (exact) mass is 195 g/mol. The molecule has 0 aromatic carbocycles. The fourth-order valence-electron chi connectivity index (χ4n) is 2.02. The van der Waals surface area contributed by atoms with Gasteiger partial charge in [0.25, 0.3) is 0 Å². The molecule has 78 valence electrons. The molecule has 1 aliphatic rings. The maximum Gasteiger partial charge on any atom is 0.151 e. The first-order valence-electron chi connectivity index (χ1n) is 4.86. The molecule has 0 aliphatic heterocycles. The molecule has 1 heterocycles. The Morgan fingerprint density at radius 2 is 2.36 bits per heavy atom. The molecule has 1 saturated carbocycles. The summed E-state index contributed by atoms with van der Waals surface area (Å²) < 4.78 is 1.92. The van der Waals surface area contributed by atoms with E-state index in [1.807, 2.05) is 11.6 Å². The molecule has 0 spiro atoms. The van der Waals surface area contributed by atoms with E-state index >= 15 is 0 Å². The van der Waals surface area contributed by atoms with Crippen LogP contribution in [0.1, 0.15) is 32.1 Å². The second-order valence-electron chi connectivity index (χ2n) is 4.74. The van der Waals surface area contributed by atoms with Gasteiger partial charge in [0.05, 0.1) is 6.04 Å². The van der Waals surface area contributed by atoms with Crippen molar-refractivity contribution in [2.75, 3.05) is 0 Å². The van der Waals surface area contributed by atoms with E-state index < -0.39 is 0 Å². The zero-order valence-electron chi connectivity index (χ0n) is 8.86. The maximum absolute atomic E-state index is 5.56. The summed E-state index contributed by atoms with van der Waals surface area (Å²) in [5.41, 5.74) is 3.22. The Bertz CT molecular complexity index is 330. The lowest BCUT2D eigenvalue weighted by atomic mass is 10.0. The van der Waals surface area contributed by atoms with E-state index in [0.717, 1.165) is 5.82 Å². The van der Waals surface area contributed by atoms with Crippen LogP contribution >= 0.6 is 0 Å². The molecule has 0 radical (unpaired) electrons. The van der Waals surface area contributed by atoms with E-state index in [4.69, 9.17) is 5.84 Å². The van der Waals surface area contributed by atoms with E-state index in [0.29, 0.717) is 11.3 Å². The molecule has 2 rings (SSSR count). The SMILES string of the molecule is Cn1cnnc1C(NN)C1CC1(C)C. The van der Waals surface area contributed by atoms with Gasteiger partial charge in [0.15, 0.2) is 5.82 Å². The van der Waals surface area contributed by atoms with Crippen LogP contribution in [0.15, 0.2) is 6.33 Å². The molecule has 3 N–H and O–H groups in total. The van der Waals surface area contributed by atoms with Crippen molar-refractivity contribution in [2.45, 2.75) is 26.3 Å². The molecule has 1 aromatic heterocycles. The largest absolute Gasteiger partial charge is 0.319 e. The van der Waals surface area contributed by atoms with Crippen molar-refractivity contribution in [3.8, 4) is 0 Å². The molecule has 1 aliphatic carbocycles. The Morgan fingerprint density at radius 3 is 2.71 bits per heavy atom. The minimum Gasteiger partial charge on any atom is -0.319 e. The van der Waals surface area contributed by atoms with Crippen LogP contribution in [0.3, 0.4) is 0 Å². The van der Waals surface area contributed by atoms with E-state index in [2.05, 4.69) is 29.5 Å². The van der Waals surface area contributed by atoms with Crippen molar-refractivity contribution >= 4 is 0 Å². The summed E-state index contributed by atoms with van der Waals surface area (Å²) in [6.45, 7) is 4.50. The Kier molecular flexibility index (Phi) is 2.08. The van der Waals surface area contributed by atoms with Gasteiger partial charge in [0.1, 0.15) is 6.33 Å². The molecule has 0 bridgehead atoms. The minimum absolute atomic E-state index is 0.123. The molecule has 0 amide bonds. The van der Waals surface area contributed by atoms with Gasteiger partial charge in [-0.05, 0) is 17.8 Å². The van der Waals surface area contributed by atoms with Gasteiger partial charge in [-0.1, -0.05) is 13.8 Å².